The Kier molecular flexibility index (Phi) is 5.33. The summed E-state index contributed by atoms with van der Waals surface area (Å²) < 4.78 is 8.21. The van der Waals surface area contributed by atoms with Gasteiger partial charge in [-0.1, -0.05) is 0 Å². The molecule has 0 saturated carbocycles. The smallest absolute Gasteiger partial charge is 0.128 e. The van der Waals surface area contributed by atoms with Gasteiger partial charge >= 0.3 is 0 Å². The van der Waals surface area contributed by atoms with E-state index in [1.807, 2.05) is 0 Å². The maximum absolute atomic E-state index is 5.97. The monoisotopic (exact) mass is 335 g/mol. The van der Waals surface area contributed by atoms with Crippen LogP contribution in [0.1, 0.15) is 5.82 Å². The van der Waals surface area contributed by atoms with Gasteiger partial charge in [0, 0.05) is 35.5 Å². The van der Waals surface area contributed by atoms with Crippen molar-refractivity contribution in [2.45, 2.75) is 18.0 Å². The summed E-state index contributed by atoms with van der Waals surface area (Å²) in [5, 5.41) is 3.36. The standard InChI is InChI=1S/C16H21N3OS2/c1-21-8-7-20-15-4-3-12(22-2)9-13(15)14-11-19-6-5-17-10-16(19)18-14/h3-4,9,11,17H,5-8,10H2,1-2H3. The van der Waals surface area contributed by atoms with Gasteiger partial charge in [-0.25, -0.2) is 4.98 Å². The average Bonchev–Trinajstić information content (AvgIpc) is 2.99. The zero-order chi connectivity index (χ0) is 15.4. The lowest BCUT2D eigenvalue weighted by atomic mass is 10.1. The number of hydrogen-bond donors (Lipinski definition) is 1. The first-order valence-electron chi connectivity index (χ1n) is 7.38. The van der Waals surface area contributed by atoms with Crippen molar-refractivity contribution in [3.05, 3.63) is 30.2 Å². The molecule has 2 heterocycles. The third-order valence-corrected chi connectivity index (χ3v) is 4.98. The lowest BCUT2D eigenvalue weighted by Crippen LogP contribution is -2.27. The van der Waals surface area contributed by atoms with Gasteiger partial charge in [-0.2, -0.15) is 11.8 Å². The summed E-state index contributed by atoms with van der Waals surface area (Å²) >= 11 is 3.54. The van der Waals surface area contributed by atoms with Crippen molar-refractivity contribution >= 4 is 23.5 Å². The van der Waals surface area contributed by atoms with Crippen molar-refractivity contribution in [2.75, 3.05) is 31.4 Å². The van der Waals surface area contributed by atoms with Crippen LogP contribution in [0.15, 0.2) is 29.3 Å². The lowest BCUT2D eigenvalue weighted by Gasteiger charge is -2.13. The summed E-state index contributed by atoms with van der Waals surface area (Å²) in [4.78, 5) is 6.02. The van der Waals surface area contributed by atoms with E-state index in [9.17, 15) is 0 Å². The summed E-state index contributed by atoms with van der Waals surface area (Å²) in [6, 6.07) is 6.36. The number of rotatable bonds is 6. The van der Waals surface area contributed by atoms with E-state index < -0.39 is 0 Å². The Morgan fingerprint density at radius 3 is 3.05 bits per heavy atom. The highest BCUT2D eigenvalue weighted by Gasteiger charge is 2.16. The predicted octanol–water partition coefficient (Wildman–Crippen LogP) is 3.12. The molecule has 22 heavy (non-hydrogen) atoms. The average molecular weight is 335 g/mol. The molecule has 4 nitrogen and oxygen atoms in total. The van der Waals surface area contributed by atoms with E-state index in [0.717, 1.165) is 54.8 Å². The molecule has 0 bridgehead atoms. The fourth-order valence-corrected chi connectivity index (χ4v) is 3.21. The minimum absolute atomic E-state index is 0.724. The van der Waals surface area contributed by atoms with E-state index in [0.29, 0.717) is 0 Å². The van der Waals surface area contributed by atoms with Crippen LogP contribution >= 0.6 is 23.5 Å². The minimum atomic E-state index is 0.724. The van der Waals surface area contributed by atoms with Gasteiger partial charge < -0.3 is 14.6 Å². The van der Waals surface area contributed by atoms with Gasteiger partial charge in [0.1, 0.15) is 11.6 Å². The highest BCUT2D eigenvalue weighted by atomic mass is 32.2. The number of nitrogens with one attached hydrogen (secondary N) is 1. The highest BCUT2D eigenvalue weighted by Crippen LogP contribution is 2.33. The van der Waals surface area contributed by atoms with E-state index in [1.54, 1.807) is 23.5 Å². The highest BCUT2D eigenvalue weighted by molar-refractivity contribution is 7.98. The number of aromatic nitrogens is 2. The zero-order valence-corrected chi connectivity index (χ0v) is 14.6. The Balaban J connectivity index is 1.93. The second-order valence-corrected chi connectivity index (χ2v) is 6.98. The van der Waals surface area contributed by atoms with Crippen LogP contribution in [-0.4, -0.2) is 41.0 Å². The van der Waals surface area contributed by atoms with Gasteiger partial charge in [0.25, 0.3) is 0 Å². The second kappa shape index (κ2) is 7.44. The van der Waals surface area contributed by atoms with E-state index >= 15 is 0 Å². The molecule has 0 radical (unpaired) electrons. The van der Waals surface area contributed by atoms with Gasteiger partial charge in [-0.05, 0) is 30.7 Å². The molecule has 1 aliphatic rings. The van der Waals surface area contributed by atoms with E-state index in [2.05, 4.69) is 46.8 Å². The van der Waals surface area contributed by atoms with E-state index in [1.165, 1.54) is 4.90 Å². The lowest BCUT2D eigenvalue weighted by molar-refractivity contribution is 0.345. The molecule has 1 N–H and O–H groups in total. The molecule has 2 aromatic rings. The molecular formula is C16H21N3OS2. The summed E-state index contributed by atoms with van der Waals surface area (Å²) in [6.45, 7) is 3.55. The number of hydrogen-bond acceptors (Lipinski definition) is 5. The second-order valence-electron chi connectivity index (χ2n) is 5.12. The number of thioether (sulfide) groups is 2. The first kappa shape index (κ1) is 15.8. The van der Waals surface area contributed by atoms with Crippen LogP contribution in [0.25, 0.3) is 11.3 Å². The first-order chi connectivity index (χ1) is 10.8. The quantitative estimate of drug-likeness (QED) is 0.649. The van der Waals surface area contributed by atoms with Gasteiger partial charge in [0.2, 0.25) is 0 Å². The number of benzene rings is 1. The van der Waals surface area contributed by atoms with Crippen LogP contribution in [0, 0.1) is 0 Å². The predicted molar refractivity (Wildman–Crippen MR) is 95.0 cm³/mol. The number of fused-ring (bicyclic) bond motifs is 1. The Bertz CT molecular complexity index is 619. The van der Waals surface area contributed by atoms with Gasteiger partial charge in [-0.3, -0.25) is 0 Å². The van der Waals surface area contributed by atoms with E-state index in [-0.39, 0.29) is 0 Å². The van der Waals surface area contributed by atoms with Crippen molar-refractivity contribution in [3.8, 4) is 17.0 Å². The molecule has 3 rings (SSSR count). The van der Waals surface area contributed by atoms with Crippen molar-refractivity contribution < 1.29 is 4.74 Å². The molecule has 0 amide bonds. The molecule has 0 aliphatic carbocycles. The molecule has 118 valence electrons. The topological polar surface area (TPSA) is 39.1 Å². The summed E-state index contributed by atoms with van der Waals surface area (Å²) in [6.07, 6.45) is 6.34. The maximum atomic E-state index is 5.97. The molecule has 0 unspecified atom stereocenters. The molecule has 1 aromatic carbocycles. The van der Waals surface area contributed by atoms with Crippen molar-refractivity contribution in [2.24, 2.45) is 0 Å². The van der Waals surface area contributed by atoms with Crippen molar-refractivity contribution in [1.29, 1.82) is 0 Å². The number of imidazole rings is 1. The first-order valence-corrected chi connectivity index (χ1v) is 10.0. The Morgan fingerprint density at radius 2 is 2.27 bits per heavy atom. The van der Waals surface area contributed by atoms with Crippen LogP contribution in [0.3, 0.4) is 0 Å². The van der Waals surface area contributed by atoms with Crippen LogP contribution in [0.4, 0.5) is 0 Å². The molecule has 6 heteroatoms. The molecule has 0 saturated heterocycles. The third kappa shape index (κ3) is 3.45. The Hall–Kier alpha value is -1.11. The van der Waals surface area contributed by atoms with Crippen molar-refractivity contribution in [3.63, 3.8) is 0 Å². The zero-order valence-electron chi connectivity index (χ0n) is 13.0. The fourth-order valence-electron chi connectivity index (χ4n) is 2.52. The van der Waals surface area contributed by atoms with Crippen LogP contribution in [0.2, 0.25) is 0 Å². The van der Waals surface area contributed by atoms with Gasteiger partial charge in [0.05, 0.1) is 18.8 Å². The summed E-state index contributed by atoms with van der Waals surface area (Å²) in [5.41, 5.74) is 2.10. The Labute approximate surface area is 140 Å². The summed E-state index contributed by atoms with van der Waals surface area (Å²) in [5.74, 6) is 3.02. The molecule has 0 atom stereocenters. The van der Waals surface area contributed by atoms with E-state index in [4.69, 9.17) is 9.72 Å². The van der Waals surface area contributed by atoms with Crippen molar-refractivity contribution in [1.82, 2.24) is 14.9 Å². The van der Waals surface area contributed by atoms with Gasteiger partial charge in [0.15, 0.2) is 0 Å². The largest absolute Gasteiger partial charge is 0.492 e. The number of nitrogens with zero attached hydrogens (tertiary/aromatic N) is 2. The normalized spacial score (nSPS) is 13.9. The SMILES string of the molecule is CSCCOc1ccc(SC)cc1-c1cn2c(n1)CNCC2. The van der Waals surface area contributed by atoms with Gasteiger partial charge in [-0.15, -0.1) is 11.8 Å². The van der Waals surface area contributed by atoms with Crippen LogP contribution in [0.5, 0.6) is 5.75 Å². The molecule has 1 aromatic heterocycles. The van der Waals surface area contributed by atoms with Crippen LogP contribution in [-0.2, 0) is 13.1 Å². The fraction of sp³-hybridized carbons (Fsp3) is 0.438. The van der Waals surface area contributed by atoms with Crippen LogP contribution < -0.4 is 10.1 Å². The third-order valence-electron chi connectivity index (χ3n) is 3.68. The maximum Gasteiger partial charge on any atom is 0.128 e. The Morgan fingerprint density at radius 1 is 1.36 bits per heavy atom. The molecular weight excluding hydrogens is 314 g/mol. The minimum Gasteiger partial charge on any atom is -0.492 e. The summed E-state index contributed by atoms with van der Waals surface area (Å²) in [7, 11) is 0. The molecule has 1 aliphatic heterocycles. The molecule has 0 spiro atoms. The molecule has 0 fully saturated rings. The number of ether oxygens (including phenoxy) is 1.